The van der Waals surface area contributed by atoms with Crippen molar-refractivity contribution in [1.82, 2.24) is 0 Å². The van der Waals surface area contributed by atoms with E-state index >= 15 is 0 Å². The van der Waals surface area contributed by atoms with Crippen molar-refractivity contribution in [2.45, 2.75) is 33.1 Å². The molecule has 0 atom stereocenters. The minimum Gasteiger partial charge on any atom is -0.496 e. The van der Waals surface area contributed by atoms with Crippen LogP contribution in [0.2, 0.25) is 0 Å². The van der Waals surface area contributed by atoms with Gasteiger partial charge in [0.25, 0.3) is 0 Å². The number of hydrogen-bond acceptors (Lipinski definition) is 3. The predicted molar refractivity (Wildman–Crippen MR) is 95.9 cm³/mol. The number of hydrogen-bond donors (Lipinski definition) is 1. The van der Waals surface area contributed by atoms with Gasteiger partial charge in [-0.2, -0.15) is 0 Å². The molecule has 0 aromatic heterocycles. The third kappa shape index (κ3) is 4.44. The molecule has 0 aliphatic rings. The maximum Gasteiger partial charge on any atom is 0.228 e. The fourth-order valence-electron chi connectivity index (χ4n) is 2.49. The molecule has 4 heteroatoms. The average molecular weight is 325 g/mol. The Labute approximate surface area is 142 Å². The molecule has 0 saturated heterocycles. The lowest BCUT2D eigenvalue weighted by Gasteiger charge is -2.12. The summed E-state index contributed by atoms with van der Waals surface area (Å²) < 4.78 is 5.29. The van der Waals surface area contributed by atoms with E-state index in [1.54, 1.807) is 25.3 Å². The molecule has 24 heavy (non-hydrogen) atoms. The van der Waals surface area contributed by atoms with E-state index in [0.29, 0.717) is 22.8 Å². The van der Waals surface area contributed by atoms with E-state index < -0.39 is 0 Å². The Morgan fingerprint density at radius 1 is 1.12 bits per heavy atom. The largest absolute Gasteiger partial charge is 0.496 e. The fraction of sp³-hybridized carbons (Fsp3) is 0.300. The molecule has 1 amide bonds. The average Bonchev–Trinajstić information content (AvgIpc) is 2.54. The van der Waals surface area contributed by atoms with Gasteiger partial charge in [0.05, 0.1) is 13.5 Å². The van der Waals surface area contributed by atoms with E-state index in [-0.39, 0.29) is 18.1 Å². The Morgan fingerprint density at radius 3 is 2.50 bits per heavy atom. The zero-order valence-corrected chi connectivity index (χ0v) is 14.6. The Bertz CT molecular complexity index is 750. The number of benzene rings is 2. The van der Waals surface area contributed by atoms with E-state index in [2.05, 4.69) is 19.2 Å². The van der Waals surface area contributed by atoms with E-state index in [1.807, 2.05) is 24.3 Å². The number of methoxy groups -OCH3 is 1. The first kappa shape index (κ1) is 17.7. The third-order valence-electron chi connectivity index (χ3n) is 3.87. The Balaban J connectivity index is 2.16. The van der Waals surface area contributed by atoms with Crippen LogP contribution in [0.15, 0.2) is 42.5 Å². The lowest BCUT2D eigenvalue weighted by Crippen LogP contribution is -2.15. The summed E-state index contributed by atoms with van der Waals surface area (Å²) in [6.45, 7) is 5.72. The van der Waals surface area contributed by atoms with Crippen LogP contribution in [-0.2, 0) is 11.2 Å². The summed E-state index contributed by atoms with van der Waals surface area (Å²) in [6.07, 6.45) is 0.149. The Morgan fingerprint density at radius 2 is 1.88 bits per heavy atom. The summed E-state index contributed by atoms with van der Waals surface area (Å²) in [4.78, 5) is 23.9. The summed E-state index contributed by atoms with van der Waals surface area (Å²) in [7, 11) is 1.55. The zero-order valence-electron chi connectivity index (χ0n) is 14.6. The predicted octanol–water partition coefficient (Wildman–Crippen LogP) is 4.20. The van der Waals surface area contributed by atoms with E-state index in [9.17, 15) is 9.59 Å². The number of Topliss-reactive ketones (excluding diaryl/α,β-unsaturated/α-hetero) is 1. The number of ether oxygens (including phenoxy) is 1. The molecule has 0 unspecified atom stereocenters. The van der Waals surface area contributed by atoms with Crippen molar-refractivity contribution < 1.29 is 14.3 Å². The topological polar surface area (TPSA) is 55.4 Å². The molecule has 0 fully saturated rings. The van der Waals surface area contributed by atoms with Gasteiger partial charge in [0.15, 0.2) is 5.78 Å². The van der Waals surface area contributed by atoms with Crippen LogP contribution in [0, 0.1) is 0 Å². The van der Waals surface area contributed by atoms with Gasteiger partial charge in [-0.05, 0) is 48.7 Å². The van der Waals surface area contributed by atoms with Gasteiger partial charge in [-0.3, -0.25) is 9.59 Å². The summed E-state index contributed by atoms with van der Waals surface area (Å²) in [5, 5.41) is 2.91. The van der Waals surface area contributed by atoms with Crippen molar-refractivity contribution in [2.24, 2.45) is 0 Å². The van der Waals surface area contributed by atoms with Crippen molar-refractivity contribution in [2.75, 3.05) is 12.4 Å². The van der Waals surface area contributed by atoms with Crippen molar-refractivity contribution in [3.63, 3.8) is 0 Å². The second kappa shape index (κ2) is 7.77. The molecule has 4 nitrogen and oxygen atoms in total. The van der Waals surface area contributed by atoms with Gasteiger partial charge in [-0.1, -0.05) is 26.0 Å². The number of rotatable bonds is 6. The van der Waals surface area contributed by atoms with Gasteiger partial charge in [-0.15, -0.1) is 0 Å². The maximum absolute atomic E-state index is 12.4. The highest BCUT2D eigenvalue weighted by molar-refractivity contribution is 5.96. The molecular formula is C20H23NO3. The molecular weight excluding hydrogens is 302 g/mol. The van der Waals surface area contributed by atoms with Gasteiger partial charge in [-0.25, -0.2) is 0 Å². The van der Waals surface area contributed by atoms with Gasteiger partial charge in [0.1, 0.15) is 5.75 Å². The summed E-state index contributed by atoms with van der Waals surface area (Å²) in [5.74, 6) is 0.819. The number of anilines is 1. The van der Waals surface area contributed by atoms with Crippen molar-refractivity contribution >= 4 is 17.4 Å². The van der Waals surface area contributed by atoms with E-state index in [4.69, 9.17) is 4.74 Å². The molecule has 2 aromatic carbocycles. The molecule has 2 aromatic rings. The smallest absolute Gasteiger partial charge is 0.228 e. The van der Waals surface area contributed by atoms with Crippen LogP contribution < -0.4 is 10.1 Å². The van der Waals surface area contributed by atoms with Crippen molar-refractivity contribution in [3.8, 4) is 5.75 Å². The van der Waals surface area contributed by atoms with Gasteiger partial charge >= 0.3 is 0 Å². The fourth-order valence-corrected chi connectivity index (χ4v) is 2.49. The normalized spacial score (nSPS) is 10.5. The molecule has 126 valence electrons. The van der Waals surface area contributed by atoms with Crippen LogP contribution in [0.1, 0.15) is 48.2 Å². The highest BCUT2D eigenvalue weighted by atomic mass is 16.5. The van der Waals surface area contributed by atoms with Crippen LogP contribution in [0.25, 0.3) is 0 Å². The maximum atomic E-state index is 12.4. The first-order valence-electron chi connectivity index (χ1n) is 7.98. The SMILES string of the molecule is COc1ccc(C(C)=O)cc1CC(=O)Nc1cccc(C(C)C)c1. The quantitative estimate of drug-likeness (QED) is 0.810. The number of carbonyl (C=O) groups excluding carboxylic acids is 2. The molecule has 0 spiro atoms. The molecule has 0 radical (unpaired) electrons. The summed E-state index contributed by atoms with van der Waals surface area (Å²) in [5.41, 5.74) is 3.21. The van der Waals surface area contributed by atoms with Crippen molar-refractivity contribution in [1.29, 1.82) is 0 Å². The van der Waals surface area contributed by atoms with Gasteiger partial charge in [0.2, 0.25) is 5.91 Å². The van der Waals surface area contributed by atoms with Crippen LogP contribution in [0.3, 0.4) is 0 Å². The standard InChI is InChI=1S/C20H23NO3/c1-13(2)15-6-5-7-18(11-15)21-20(23)12-17-10-16(14(3)22)8-9-19(17)24-4/h5-11,13H,12H2,1-4H3,(H,21,23). The monoisotopic (exact) mass is 325 g/mol. The molecule has 1 N–H and O–H groups in total. The number of ketones is 1. The Kier molecular flexibility index (Phi) is 5.74. The minimum absolute atomic E-state index is 0.0380. The highest BCUT2D eigenvalue weighted by Gasteiger charge is 2.12. The van der Waals surface area contributed by atoms with Crippen LogP contribution in [0.5, 0.6) is 5.75 Å². The third-order valence-corrected chi connectivity index (χ3v) is 3.87. The summed E-state index contributed by atoms with van der Waals surface area (Å²) in [6, 6.07) is 13.0. The minimum atomic E-state index is -0.144. The van der Waals surface area contributed by atoms with Gasteiger partial charge < -0.3 is 10.1 Å². The summed E-state index contributed by atoms with van der Waals surface area (Å²) >= 11 is 0. The molecule has 0 saturated carbocycles. The lowest BCUT2D eigenvalue weighted by atomic mass is 10.0. The first-order chi connectivity index (χ1) is 11.4. The molecule has 0 bridgehead atoms. The number of amides is 1. The number of nitrogens with one attached hydrogen (secondary N) is 1. The lowest BCUT2D eigenvalue weighted by molar-refractivity contribution is -0.115. The van der Waals surface area contributed by atoms with Gasteiger partial charge in [0, 0.05) is 16.8 Å². The zero-order chi connectivity index (χ0) is 17.7. The van der Waals surface area contributed by atoms with Crippen LogP contribution in [-0.4, -0.2) is 18.8 Å². The van der Waals surface area contributed by atoms with E-state index in [1.165, 1.54) is 12.5 Å². The first-order valence-corrected chi connectivity index (χ1v) is 7.98. The number of carbonyl (C=O) groups is 2. The molecule has 0 aliphatic heterocycles. The van der Waals surface area contributed by atoms with Crippen LogP contribution >= 0.6 is 0 Å². The van der Waals surface area contributed by atoms with Crippen molar-refractivity contribution in [3.05, 3.63) is 59.2 Å². The highest BCUT2D eigenvalue weighted by Crippen LogP contribution is 2.22. The second-order valence-corrected chi connectivity index (χ2v) is 6.09. The van der Waals surface area contributed by atoms with Crippen LogP contribution in [0.4, 0.5) is 5.69 Å². The molecule has 0 heterocycles. The molecule has 0 aliphatic carbocycles. The van der Waals surface area contributed by atoms with E-state index in [0.717, 1.165) is 5.69 Å². The Hall–Kier alpha value is -2.62. The molecule has 2 rings (SSSR count). The second-order valence-electron chi connectivity index (χ2n) is 6.09.